The molecule has 5 heteroatoms. The van der Waals surface area contributed by atoms with Crippen molar-refractivity contribution in [3.8, 4) is 11.4 Å². The van der Waals surface area contributed by atoms with E-state index >= 15 is 0 Å². The average molecular weight is 353 g/mol. The highest BCUT2D eigenvalue weighted by Crippen LogP contribution is 2.19. The molecule has 126 valence electrons. The minimum atomic E-state index is 0.614. The first-order valence-corrected chi connectivity index (χ1v) is 8.82. The van der Waals surface area contributed by atoms with Crippen molar-refractivity contribution >= 4 is 17.2 Å². The zero-order chi connectivity index (χ0) is 17.1. The van der Waals surface area contributed by atoms with E-state index in [4.69, 9.17) is 16.1 Å². The molecule has 0 saturated heterocycles. The molecular weight excluding hydrogens is 334 g/mol. The van der Waals surface area contributed by atoms with Gasteiger partial charge in [0.05, 0.1) is 13.1 Å². The summed E-state index contributed by atoms with van der Waals surface area (Å²) >= 11 is 5.92. The van der Waals surface area contributed by atoms with E-state index in [-0.39, 0.29) is 0 Å². The molecule has 25 heavy (non-hydrogen) atoms. The summed E-state index contributed by atoms with van der Waals surface area (Å²) in [5, 5.41) is 4.79. The number of benzene rings is 2. The largest absolute Gasteiger partial charge is 0.333 e. The van der Waals surface area contributed by atoms with Gasteiger partial charge in [-0.15, -0.1) is 0 Å². The van der Waals surface area contributed by atoms with Crippen LogP contribution in [-0.2, 0) is 6.54 Å². The lowest BCUT2D eigenvalue weighted by atomic mass is 10.00. The van der Waals surface area contributed by atoms with E-state index in [9.17, 15) is 0 Å². The number of aromatic nitrogens is 2. The van der Waals surface area contributed by atoms with Gasteiger partial charge in [0.1, 0.15) is 0 Å². The minimum absolute atomic E-state index is 0.614. The van der Waals surface area contributed by atoms with Crippen LogP contribution < -0.4 is 4.90 Å². The Balaban J connectivity index is 1.41. The fourth-order valence-electron chi connectivity index (χ4n) is 3.11. The van der Waals surface area contributed by atoms with Crippen LogP contribution in [0.3, 0.4) is 0 Å². The van der Waals surface area contributed by atoms with Crippen LogP contribution in [0, 0.1) is 0 Å². The monoisotopic (exact) mass is 352 g/mol. The third kappa shape index (κ3) is 3.81. The van der Waals surface area contributed by atoms with Gasteiger partial charge in [0.25, 0.3) is 5.89 Å². The molecule has 1 aliphatic rings. The molecule has 1 aliphatic heterocycles. The Kier molecular flexibility index (Phi) is 4.63. The van der Waals surface area contributed by atoms with E-state index < -0.39 is 0 Å². The van der Waals surface area contributed by atoms with Gasteiger partial charge in [0.2, 0.25) is 5.82 Å². The lowest BCUT2D eigenvalue weighted by molar-refractivity contribution is -0.910. The van der Waals surface area contributed by atoms with Crippen LogP contribution in [0.5, 0.6) is 0 Å². The second-order valence-corrected chi connectivity index (χ2v) is 6.68. The van der Waals surface area contributed by atoms with Gasteiger partial charge in [-0.05, 0) is 41.5 Å². The normalized spacial score (nSPS) is 17.3. The Morgan fingerprint density at radius 2 is 1.80 bits per heavy atom. The molecule has 3 aromatic rings. The molecule has 0 spiro atoms. The van der Waals surface area contributed by atoms with E-state index in [1.165, 1.54) is 16.0 Å². The highest BCUT2D eigenvalue weighted by Gasteiger charge is 2.19. The number of quaternary nitrogens is 1. The summed E-state index contributed by atoms with van der Waals surface area (Å²) in [6.45, 7) is 2.79. The van der Waals surface area contributed by atoms with Gasteiger partial charge >= 0.3 is 0 Å². The SMILES string of the molecule is Clc1ccc(-c2noc(C[NH+]3CC=C(c4ccccc4)CC3)n2)cc1. The number of rotatable bonds is 4. The third-order valence-electron chi connectivity index (χ3n) is 4.50. The molecule has 0 aliphatic carbocycles. The number of halogens is 1. The molecule has 0 radical (unpaired) electrons. The first-order valence-electron chi connectivity index (χ1n) is 8.44. The van der Waals surface area contributed by atoms with Crippen molar-refractivity contribution in [2.75, 3.05) is 13.1 Å². The topological polar surface area (TPSA) is 43.4 Å². The zero-order valence-electron chi connectivity index (χ0n) is 13.8. The Bertz CT molecular complexity index is 871. The Labute approximate surface area is 151 Å². The van der Waals surface area contributed by atoms with Crippen molar-refractivity contribution in [2.24, 2.45) is 0 Å². The molecule has 4 nitrogen and oxygen atoms in total. The van der Waals surface area contributed by atoms with E-state index in [0.717, 1.165) is 31.6 Å². The maximum Gasteiger partial charge on any atom is 0.282 e. The van der Waals surface area contributed by atoms with Crippen molar-refractivity contribution in [2.45, 2.75) is 13.0 Å². The summed E-state index contributed by atoms with van der Waals surface area (Å²) in [6.07, 6.45) is 3.39. The molecule has 0 saturated carbocycles. The standard InChI is InChI=1S/C20H18ClN3O/c21-18-8-6-17(7-9-18)20-22-19(25-23-20)14-24-12-10-16(11-13-24)15-4-2-1-3-5-15/h1-10H,11-14H2/p+1. The van der Waals surface area contributed by atoms with Crippen LogP contribution >= 0.6 is 11.6 Å². The van der Waals surface area contributed by atoms with Crippen molar-refractivity contribution in [3.05, 3.63) is 77.2 Å². The number of hydrogen-bond acceptors (Lipinski definition) is 3. The predicted octanol–water partition coefficient (Wildman–Crippen LogP) is 3.26. The van der Waals surface area contributed by atoms with E-state index in [1.54, 1.807) is 0 Å². The van der Waals surface area contributed by atoms with Crippen LogP contribution in [-0.4, -0.2) is 23.2 Å². The highest BCUT2D eigenvalue weighted by atomic mass is 35.5. The maximum atomic E-state index is 5.92. The summed E-state index contributed by atoms with van der Waals surface area (Å²) in [7, 11) is 0. The number of hydrogen-bond donors (Lipinski definition) is 1. The van der Waals surface area contributed by atoms with Crippen LogP contribution in [0.25, 0.3) is 17.0 Å². The second-order valence-electron chi connectivity index (χ2n) is 6.24. The lowest BCUT2D eigenvalue weighted by Crippen LogP contribution is -3.11. The van der Waals surface area contributed by atoms with Gasteiger partial charge < -0.3 is 9.42 Å². The maximum absolute atomic E-state index is 5.92. The molecule has 2 aromatic carbocycles. The summed E-state index contributed by atoms with van der Waals surface area (Å²) in [6, 6.07) is 18.0. The molecule has 4 rings (SSSR count). The summed E-state index contributed by atoms with van der Waals surface area (Å²) in [5.74, 6) is 1.29. The first-order chi connectivity index (χ1) is 12.3. The van der Waals surface area contributed by atoms with E-state index in [1.807, 2.05) is 24.3 Å². The Morgan fingerprint density at radius 3 is 2.52 bits per heavy atom. The van der Waals surface area contributed by atoms with Gasteiger partial charge in [-0.25, -0.2) is 0 Å². The van der Waals surface area contributed by atoms with Gasteiger partial charge in [-0.3, -0.25) is 0 Å². The predicted molar refractivity (Wildman–Crippen MR) is 98.2 cm³/mol. The Morgan fingerprint density at radius 1 is 1.00 bits per heavy atom. The second kappa shape index (κ2) is 7.21. The molecule has 1 N–H and O–H groups in total. The van der Waals surface area contributed by atoms with Crippen LogP contribution in [0.2, 0.25) is 5.02 Å². The van der Waals surface area contributed by atoms with Gasteiger partial charge in [0.15, 0.2) is 6.54 Å². The first kappa shape index (κ1) is 16.1. The smallest absolute Gasteiger partial charge is 0.282 e. The molecule has 0 fully saturated rings. The highest BCUT2D eigenvalue weighted by molar-refractivity contribution is 6.30. The molecular formula is C20H19ClN3O+. The number of nitrogens with zero attached hydrogens (tertiary/aromatic N) is 2. The Hall–Kier alpha value is -2.43. The molecule has 0 amide bonds. The zero-order valence-corrected chi connectivity index (χ0v) is 14.5. The molecule has 1 aromatic heterocycles. The third-order valence-corrected chi connectivity index (χ3v) is 4.75. The number of nitrogens with one attached hydrogen (secondary N) is 1. The van der Waals surface area contributed by atoms with Gasteiger partial charge in [-0.1, -0.05) is 47.1 Å². The summed E-state index contributed by atoms with van der Waals surface area (Å²) in [5.41, 5.74) is 3.67. The van der Waals surface area contributed by atoms with Crippen molar-refractivity contribution in [1.82, 2.24) is 10.1 Å². The molecule has 0 bridgehead atoms. The average Bonchev–Trinajstić information content (AvgIpc) is 3.12. The van der Waals surface area contributed by atoms with Gasteiger partial charge in [0, 0.05) is 17.0 Å². The van der Waals surface area contributed by atoms with Crippen molar-refractivity contribution in [1.29, 1.82) is 0 Å². The van der Waals surface area contributed by atoms with Crippen LogP contribution in [0.15, 0.2) is 65.2 Å². The van der Waals surface area contributed by atoms with Crippen LogP contribution in [0.1, 0.15) is 17.9 Å². The fourth-order valence-corrected chi connectivity index (χ4v) is 3.24. The minimum Gasteiger partial charge on any atom is -0.333 e. The molecule has 2 heterocycles. The van der Waals surface area contributed by atoms with E-state index in [0.29, 0.717) is 16.7 Å². The lowest BCUT2D eigenvalue weighted by Gasteiger charge is -2.22. The summed E-state index contributed by atoms with van der Waals surface area (Å²) in [4.78, 5) is 5.96. The van der Waals surface area contributed by atoms with E-state index in [2.05, 4.69) is 46.5 Å². The summed E-state index contributed by atoms with van der Waals surface area (Å²) < 4.78 is 5.43. The van der Waals surface area contributed by atoms with Crippen LogP contribution in [0.4, 0.5) is 0 Å². The van der Waals surface area contributed by atoms with Crippen molar-refractivity contribution < 1.29 is 9.42 Å². The molecule has 1 unspecified atom stereocenters. The van der Waals surface area contributed by atoms with Gasteiger partial charge in [-0.2, -0.15) is 4.98 Å². The fraction of sp³-hybridized carbons (Fsp3) is 0.200. The quantitative estimate of drug-likeness (QED) is 0.783. The van der Waals surface area contributed by atoms with Crippen molar-refractivity contribution in [3.63, 3.8) is 0 Å². The molecule has 1 atom stereocenters.